The van der Waals surface area contributed by atoms with E-state index in [2.05, 4.69) is 10.3 Å². The minimum atomic E-state index is -0.832. The number of aliphatic hydroxyl groups is 1. The van der Waals surface area contributed by atoms with Crippen molar-refractivity contribution in [2.75, 3.05) is 6.54 Å². The van der Waals surface area contributed by atoms with Gasteiger partial charge in [0.25, 0.3) is 5.56 Å². The zero-order valence-electron chi connectivity index (χ0n) is 16.6. The van der Waals surface area contributed by atoms with E-state index in [0.29, 0.717) is 18.4 Å². The number of aryl methyl sites for hydroxylation is 1. The standard InChI is InChI=1S/C21H27N3O5/c1-3-13-12-24(21(28)23-19(13)26)18-10-16(25)17(29-18)11-22-20(27)15(4-2)14-8-6-5-7-9-14/h5-9,12,15-18,25H,3-4,10-11H2,1-2H3,(H,22,27)(H,23,26,28)/t15?,16?,17-,18-/m0/s1. The van der Waals surface area contributed by atoms with Gasteiger partial charge in [0.15, 0.2) is 0 Å². The van der Waals surface area contributed by atoms with E-state index in [1.807, 2.05) is 44.2 Å². The van der Waals surface area contributed by atoms with Crippen LogP contribution in [0, 0.1) is 0 Å². The number of H-pyrrole nitrogens is 1. The van der Waals surface area contributed by atoms with Crippen molar-refractivity contribution in [1.29, 1.82) is 0 Å². The minimum Gasteiger partial charge on any atom is -0.390 e. The predicted octanol–water partition coefficient (Wildman–Crippen LogP) is 1.06. The highest BCUT2D eigenvalue weighted by Crippen LogP contribution is 2.27. The molecule has 8 nitrogen and oxygen atoms in total. The van der Waals surface area contributed by atoms with E-state index in [0.717, 1.165) is 5.56 Å². The molecule has 1 saturated heterocycles. The summed E-state index contributed by atoms with van der Waals surface area (Å²) in [6.07, 6.45) is 0.634. The Morgan fingerprint density at radius 3 is 2.69 bits per heavy atom. The quantitative estimate of drug-likeness (QED) is 0.642. The van der Waals surface area contributed by atoms with Gasteiger partial charge in [0.1, 0.15) is 12.3 Å². The van der Waals surface area contributed by atoms with Crippen molar-refractivity contribution < 1.29 is 14.6 Å². The molecule has 0 spiro atoms. The van der Waals surface area contributed by atoms with Crippen molar-refractivity contribution >= 4 is 5.91 Å². The summed E-state index contributed by atoms with van der Waals surface area (Å²) in [5, 5.41) is 13.2. The zero-order valence-corrected chi connectivity index (χ0v) is 16.6. The second-order valence-electron chi connectivity index (χ2n) is 7.22. The summed E-state index contributed by atoms with van der Waals surface area (Å²) in [5.41, 5.74) is 0.407. The van der Waals surface area contributed by atoms with Gasteiger partial charge >= 0.3 is 5.69 Å². The van der Waals surface area contributed by atoms with Crippen LogP contribution in [0.1, 0.15) is 50.0 Å². The lowest BCUT2D eigenvalue weighted by Crippen LogP contribution is -2.39. The summed E-state index contributed by atoms with van der Waals surface area (Å²) in [4.78, 5) is 38.8. The molecule has 1 aliphatic heterocycles. The molecule has 1 aliphatic rings. The third-order valence-electron chi connectivity index (χ3n) is 5.34. The summed E-state index contributed by atoms with van der Waals surface area (Å²) in [7, 11) is 0. The average molecular weight is 401 g/mol. The molecule has 156 valence electrons. The second kappa shape index (κ2) is 9.19. The number of hydrogen-bond acceptors (Lipinski definition) is 5. The Hall–Kier alpha value is -2.71. The van der Waals surface area contributed by atoms with Crippen LogP contribution in [-0.4, -0.2) is 39.3 Å². The number of aliphatic hydroxyl groups excluding tert-OH is 1. The number of benzene rings is 1. The van der Waals surface area contributed by atoms with Crippen LogP contribution in [0.4, 0.5) is 0 Å². The molecule has 2 heterocycles. The van der Waals surface area contributed by atoms with Crippen molar-refractivity contribution in [2.45, 2.75) is 57.5 Å². The summed E-state index contributed by atoms with van der Waals surface area (Å²) in [5.74, 6) is -0.410. The number of nitrogens with one attached hydrogen (secondary N) is 2. The Labute approximate surface area is 168 Å². The molecule has 0 aliphatic carbocycles. The zero-order chi connectivity index (χ0) is 21.0. The molecule has 3 rings (SSSR count). The number of ether oxygens (including phenoxy) is 1. The number of hydrogen-bond donors (Lipinski definition) is 3. The molecule has 29 heavy (non-hydrogen) atoms. The Morgan fingerprint density at radius 2 is 2.03 bits per heavy atom. The van der Waals surface area contributed by atoms with Crippen LogP contribution in [0.3, 0.4) is 0 Å². The highest BCUT2D eigenvalue weighted by atomic mass is 16.5. The second-order valence-corrected chi connectivity index (χ2v) is 7.22. The van der Waals surface area contributed by atoms with Crippen LogP contribution >= 0.6 is 0 Å². The Balaban J connectivity index is 1.65. The van der Waals surface area contributed by atoms with Crippen molar-refractivity contribution in [3.05, 3.63) is 68.5 Å². The Morgan fingerprint density at radius 1 is 1.31 bits per heavy atom. The van der Waals surface area contributed by atoms with Gasteiger partial charge in [0, 0.05) is 24.7 Å². The molecular formula is C21H27N3O5. The van der Waals surface area contributed by atoms with Gasteiger partial charge < -0.3 is 15.2 Å². The smallest absolute Gasteiger partial charge is 0.330 e. The van der Waals surface area contributed by atoms with Gasteiger partial charge in [0.05, 0.1) is 12.0 Å². The third kappa shape index (κ3) is 4.65. The monoisotopic (exact) mass is 401 g/mol. The molecule has 3 N–H and O–H groups in total. The first-order valence-electron chi connectivity index (χ1n) is 9.95. The highest BCUT2D eigenvalue weighted by molar-refractivity contribution is 5.83. The molecule has 0 saturated carbocycles. The molecule has 0 radical (unpaired) electrons. The van der Waals surface area contributed by atoms with E-state index in [1.165, 1.54) is 10.8 Å². The van der Waals surface area contributed by atoms with Crippen molar-refractivity contribution in [1.82, 2.24) is 14.9 Å². The summed E-state index contributed by atoms with van der Waals surface area (Å²) >= 11 is 0. The molecule has 2 aromatic rings. The average Bonchev–Trinajstić information content (AvgIpc) is 3.08. The van der Waals surface area contributed by atoms with Crippen molar-refractivity contribution in [2.24, 2.45) is 0 Å². The molecule has 2 unspecified atom stereocenters. The van der Waals surface area contributed by atoms with Gasteiger partial charge in [0.2, 0.25) is 5.91 Å². The normalized spacial score (nSPS) is 22.4. The lowest BCUT2D eigenvalue weighted by Gasteiger charge is -2.19. The van der Waals surface area contributed by atoms with Crippen LogP contribution in [0.15, 0.2) is 46.1 Å². The van der Waals surface area contributed by atoms with E-state index < -0.39 is 29.7 Å². The highest BCUT2D eigenvalue weighted by Gasteiger charge is 2.36. The topological polar surface area (TPSA) is 113 Å². The maximum Gasteiger partial charge on any atom is 0.330 e. The molecule has 8 heteroatoms. The van der Waals surface area contributed by atoms with E-state index in [1.54, 1.807) is 0 Å². The first-order chi connectivity index (χ1) is 13.9. The fourth-order valence-corrected chi connectivity index (χ4v) is 3.64. The van der Waals surface area contributed by atoms with Gasteiger partial charge in [-0.3, -0.25) is 19.1 Å². The number of aromatic amines is 1. The van der Waals surface area contributed by atoms with Gasteiger partial charge in [-0.05, 0) is 18.4 Å². The van der Waals surface area contributed by atoms with Crippen molar-refractivity contribution in [3.8, 4) is 0 Å². The van der Waals surface area contributed by atoms with E-state index in [9.17, 15) is 19.5 Å². The third-order valence-corrected chi connectivity index (χ3v) is 5.34. The molecule has 4 atom stereocenters. The van der Waals surface area contributed by atoms with Crippen LogP contribution in [0.5, 0.6) is 0 Å². The first kappa shape index (κ1) is 21.0. The van der Waals surface area contributed by atoms with E-state index >= 15 is 0 Å². The number of nitrogens with zero attached hydrogens (tertiary/aromatic N) is 1. The van der Waals surface area contributed by atoms with Gasteiger partial charge in [-0.2, -0.15) is 0 Å². The van der Waals surface area contributed by atoms with Crippen LogP contribution in [-0.2, 0) is 16.0 Å². The van der Waals surface area contributed by atoms with Gasteiger partial charge in [-0.25, -0.2) is 4.79 Å². The molecular weight excluding hydrogens is 374 g/mol. The molecule has 1 amide bonds. The van der Waals surface area contributed by atoms with Gasteiger partial charge in [-0.15, -0.1) is 0 Å². The Kier molecular flexibility index (Phi) is 6.66. The first-order valence-corrected chi connectivity index (χ1v) is 9.95. The largest absolute Gasteiger partial charge is 0.390 e. The fourth-order valence-electron chi connectivity index (χ4n) is 3.64. The molecule has 1 aromatic heterocycles. The number of carbonyl (C=O) groups is 1. The van der Waals surface area contributed by atoms with Crippen LogP contribution in [0.2, 0.25) is 0 Å². The summed E-state index contributed by atoms with van der Waals surface area (Å²) in [6, 6.07) is 9.52. The Bertz CT molecular complexity index is 953. The SMILES string of the molecule is CCc1cn([C@@H]2CC(O)[C@H](CNC(=O)C(CC)c3ccccc3)O2)c(=O)[nH]c1=O. The predicted molar refractivity (Wildman–Crippen MR) is 108 cm³/mol. The molecule has 1 fully saturated rings. The van der Waals surface area contributed by atoms with Crippen LogP contribution < -0.4 is 16.6 Å². The minimum absolute atomic E-state index is 0.132. The van der Waals surface area contributed by atoms with Gasteiger partial charge in [-0.1, -0.05) is 44.2 Å². The molecule has 1 aromatic carbocycles. The van der Waals surface area contributed by atoms with Crippen molar-refractivity contribution in [3.63, 3.8) is 0 Å². The number of aromatic nitrogens is 2. The number of rotatable bonds is 7. The number of carbonyl (C=O) groups excluding carboxylic acids is 1. The summed E-state index contributed by atoms with van der Waals surface area (Å²) < 4.78 is 7.12. The number of amides is 1. The van der Waals surface area contributed by atoms with Crippen LogP contribution in [0.25, 0.3) is 0 Å². The maximum atomic E-state index is 12.6. The lowest BCUT2D eigenvalue weighted by molar-refractivity contribution is -0.123. The fraction of sp³-hybridized carbons (Fsp3) is 0.476. The van der Waals surface area contributed by atoms with E-state index in [-0.39, 0.29) is 24.8 Å². The lowest BCUT2D eigenvalue weighted by atomic mass is 9.95. The molecule has 0 bridgehead atoms. The van der Waals surface area contributed by atoms with E-state index in [4.69, 9.17) is 4.74 Å². The maximum absolute atomic E-state index is 12.6. The summed E-state index contributed by atoms with van der Waals surface area (Å²) in [6.45, 7) is 3.90.